The van der Waals surface area contributed by atoms with E-state index in [-0.39, 0.29) is 0 Å². The van der Waals surface area contributed by atoms with Gasteiger partial charge in [-0.1, -0.05) is 18.6 Å². The molecule has 1 aliphatic carbocycles. The zero-order valence-corrected chi connectivity index (χ0v) is 13.5. The molecule has 4 nitrogen and oxygen atoms in total. The molecule has 0 amide bonds. The van der Waals surface area contributed by atoms with Crippen LogP contribution >= 0.6 is 0 Å². The van der Waals surface area contributed by atoms with Crippen LogP contribution in [0.2, 0.25) is 0 Å². The van der Waals surface area contributed by atoms with Crippen molar-refractivity contribution in [2.75, 3.05) is 26.4 Å². The Morgan fingerprint density at radius 2 is 2.14 bits per heavy atom. The maximum absolute atomic E-state index is 5.64. The third kappa shape index (κ3) is 4.00. The summed E-state index contributed by atoms with van der Waals surface area (Å²) in [5, 5.41) is 7.39. The molecule has 1 aromatic rings. The van der Waals surface area contributed by atoms with Crippen LogP contribution in [0.3, 0.4) is 0 Å². The molecule has 1 saturated heterocycles. The van der Waals surface area contributed by atoms with E-state index in [0.29, 0.717) is 18.0 Å². The summed E-state index contributed by atoms with van der Waals surface area (Å²) < 4.78 is 11.1. The van der Waals surface area contributed by atoms with Gasteiger partial charge in [-0.3, -0.25) is 0 Å². The van der Waals surface area contributed by atoms with Crippen molar-refractivity contribution in [2.24, 2.45) is 5.92 Å². The van der Waals surface area contributed by atoms with Crippen LogP contribution in [-0.4, -0.2) is 38.4 Å². The molecule has 1 heterocycles. The highest BCUT2D eigenvalue weighted by molar-refractivity contribution is 5.27. The molecular formula is C18H28N2O2. The van der Waals surface area contributed by atoms with E-state index < -0.39 is 0 Å². The van der Waals surface area contributed by atoms with E-state index in [9.17, 15) is 0 Å². The van der Waals surface area contributed by atoms with Gasteiger partial charge in [0.15, 0.2) is 0 Å². The summed E-state index contributed by atoms with van der Waals surface area (Å²) in [5.74, 6) is 1.65. The zero-order chi connectivity index (χ0) is 15.2. The lowest BCUT2D eigenvalue weighted by molar-refractivity contribution is 0.0524. The molecule has 0 aromatic heterocycles. The van der Waals surface area contributed by atoms with E-state index in [2.05, 4.69) is 34.9 Å². The average Bonchev–Trinajstić information content (AvgIpc) is 3.04. The average molecular weight is 304 g/mol. The van der Waals surface area contributed by atoms with Gasteiger partial charge in [-0.05, 0) is 43.4 Å². The van der Waals surface area contributed by atoms with Gasteiger partial charge in [-0.15, -0.1) is 0 Å². The Hall–Kier alpha value is -1.10. The molecule has 2 N–H and O–H groups in total. The number of morpholine rings is 1. The van der Waals surface area contributed by atoms with E-state index in [1.165, 1.54) is 24.8 Å². The standard InChI is InChI=1S/C18H28N2O2/c1-2-22-15-8-6-14(7-9-15)12-20-17-5-3-4-16(17)18-13-21-11-10-19-18/h6-9,16-20H,2-5,10-13H2,1H3. The Morgan fingerprint density at radius 1 is 1.27 bits per heavy atom. The topological polar surface area (TPSA) is 42.5 Å². The lowest BCUT2D eigenvalue weighted by Crippen LogP contribution is -2.50. The fraction of sp³-hybridized carbons (Fsp3) is 0.667. The van der Waals surface area contributed by atoms with E-state index in [1.54, 1.807) is 0 Å². The monoisotopic (exact) mass is 304 g/mol. The fourth-order valence-electron chi connectivity index (χ4n) is 3.70. The second kappa shape index (κ2) is 7.95. The zero-order valence-electron chi connectivity index (χ0n) is 13.5. The molecule has 0 radical (unpaired) electrons. The molecular weight excluding hydrogens is 276 g/mol. The van der Waals surface area contributed by atoms with Gasteiger partial charge >= 0.3 is 0 Å². The molecule has 3 unspecified atom stereocenters. The first-order valence-electron chi connectivity index (χ1n) is 8.63. The molecule has 22 heavy (non-hydrogen) atoms. The van der Waals surface area contributed by atoms with Gasteiger partial charge in [0.1, 0.15) is 5.75 Å². The van der Waals surface area contributed by atoms with Gasteiger partial charge in [0.25, 0.3) is 0 Å². The Bertz CT molecular complexity index is 443. The van der Waals surface area contributed by atoms with Crippen LogP contribution in [0.15, 0.2) is 24.3 Å². The van der Waals surface area contributed by atoms with E-state index in [1.807, 2.05) is 6.92 Å². The second-order valence-electron chi connectivity index (χ2n) is 6.29. The highest BCUT2D eigenvalue weighted by Gasteiger charge is 2.34. The summed E-state index contributed by atoms with van der Waals surface area (Å²) >= 11 is 0. The Labute approximate surface area is 133 Å². The number of nitrogens with one attached hydrogen (secondary N) is 2. The van der Waals surface area contributed by atoms with Crippen LogP contribution in [-0.2, 0) is 11.3 Å². The summed E-state index contributed by atoms with van der Waals surface area (Å²) in [7, 11) is 0. The molecule has 1 saturated carbocycles. The number of hydrogen-bond acceptors (Lipinski definition) is 4. The van der Waals surface area contributed by atoms with E-state index in [0.717, 1.165) is 38.7 Å². The van der Waals surface area contributed by atoms with Crippen molar-refractivity contribution in [2.45, 2.75) is 44.8 Å². The fourth-order valence-corrected chi connectivity index (χ4v) is 3.70. The van der Waals surface area contributed by atoms with Crippen molar-refractivity contribution in [3.63, 3.8) is 0 Å². The summed E-state index contributed by atoms with van der Waals surface area (Å²) in [6, 6.07) is 9.56. The van der Waals surface area contributed by atoms with Crippen LogP contribution in [0.4, 0.5) is 0 Å². The van der Waals surface area contributed by atoms with Crippen LogP contribution in [0, 0.1) is 5.92 Å². The first-order chi connectivity index (χ1) is 10.9. The van der Waals surface area contributed by atoms with Gasteiger partial charge in [-0.25, -0.2) is 0 Å². The Kier molecular flexibility index (Phi) is 5.70. The van der Waals surface area contributed by atoms with Crippen LogP contribution in [0.5, 0.6) is 5.75 Å². The maximum atomic E-state index is 5.64. The summed E-state index contributed by atoms with van der Waals surface area (Å²) in [6.45, 7) is 6.38. The highest BCUT2D eigenvalue weighted by Crippen LogP contribution is 2.29. The smallest absolute Gasteiger partial charge is 0.119 e. The quantitative estimate of drug-likeness (QED) is 0.846. The Morgan fingerprint density at radius 3 is 2.86 bits per heavy atom. The second-order valence-corrected chi connectivity index (χ2v) is 6.29. The maximum Gasteiger partial charge on any atom is 0.119 e. The third-order valence-corrected chi connectivity index (χ3v) is 4.84. The first kappa shape index (κ1) is 15.8. The minimum Gasteiger partial charge on any atom is -0.494 e. The van der Waals surface area contributed by atoms with Gasteiger partial charge in [0, 0.05) is 25.2 Å². The third-order valence-electron chi connectivity index (χ3n) is 4.84. The molecule has 2 aliphatic rings. The highest BCUT2D eigenvalue weighted by atomic mass is 16.5. The van der Waals surface area contributed by atoms with Crippen molar-refractivity contribution >= 4 is 0 Å². The number of rotatable bonds is 6. The van der Waals surface area contributed by atoms with Crippen molar-refractivity contribution in [3.05, 3.63) is 29.8 Å². The summed E-state index contributed by atoms with van der Waals surface area (Å²) in [6.07, 6.45) is 3.91. The van der Waals surface area contributed by atoms with Crippen molar-refractivity contribution in [1.82, 2.24) is 10.6 Å². The van der Waals surface area contributed by atoms with Crippen LogP contribution in [0.1, 0.15) is 31.7 Å². The predicted octanol–water partition coefficient (Wildman–Crippen LogP) is 2.33. The molecule has 3 atom stereocenters. The molecule has 1 aliphatic heterocycles. The number of benzene rings is 1. The van der Waals surface area contributed by atoms with Gasteiger partial charge in [0.2, 0.25) is 0 Å². The number of ether oxygens (including phenoxy) is 2. The molecule has 4 heteroatoms. The van der Waals surface area contributed by atoms with Crippen molar-refractivity contribution < 1.29 is 9.47 Å². The molecule has 1 aromatic carbocycles. The largest absolute Gasteiger partial charge is 0.494 e. The minimum atomic E-state index is 0.522. The predicted molar refractivity (Wildman–Crippen MR) is 88.2 cm³/mol. The van der Waals surface area contributed by atoms with Crippen LogP contribution < -0.4 is 15.4 Å². The van der Waals surface area contributed by atoms with Gasteiger partial charge in [-0.2, -0.15) is 0 Å². The summed E-state index contributed by atoms with van der Waals surface area (Å²) in [4.78, 5) is 0. The molecule has 3 rings (SSSR count). The van der Waals surface area contributed by atoms with E-state index in [4.69, 9.17) is 9.47 Å². The van der Waals surface area contributed by atoms with E-state index >= 15 is 0 Å². The van der Waals surface area contributed by atoms with Crippen LogP contribution in [0.25, 0.3) is 0 Å². The lowest BCUT2D eigenvalue weighted by atomic mass is 9.94. The van der Waals surface area contributed by atoms with Crippen molar-refractivity contribution in [3.8, 4) is 5.75 Å². The van der Waals surface area contributed by atoms with Gasteiger partial charge < -0.3 is 20.1 Å². The minimum absolute atomic E-state index is 0.522. The first-order valence-corrected chi connectivity index (χ1v) is 8.63. The van der Waals surface area contributed by atoms with Crippen molar-refractivity contribution in [1.29, 1.82) is 0 Å². The Balaban J connectivity index is 1.51. The summed E-state index contributed by atoms with van der Waals surface area (Å²) in [5.41, 5.74) is 1.32. The molecule has 0 bridgehead atoms. The molecule has 0 spiro atoms. The lowest BCUT2D eigenvalue weighted by Gasteiger charge is -2.33. The molecule has 122 valence electrons. The normalized spacial score (nSPS) is 28.7. The molecule has 2 fully saturated rings. The SMILES string of the molecule is CCOc1ccc(CNC2CCCC2C2COCCN2)cc1. The number of hydrogen-bond donors (Lipinski definition) is 2. The van der Waals surface area contributed by atoms with Gasteiger partial charge in [0.05, 0.1) is 19.8 Å².